The van der Waals surface area contributed by atoms with Crippen molar-refractivity contribution >= 4 is 0 Å². The van der Waals surface area contributed by atoms with Crippen molar-refractivity contribution in [3.63, 3.8) is 0 Å². The lowest BCUT2D eigenvalue weighted by atomic mass is 10.2. The van der Waals surface area contributed by atoms with E-state index in [0.717, 1.165) is 6.92 Å². The fourth-order valence-corrected chi connectivity index (χ4v) is 0.844. The van der Waals surface area contributed by atoms with Gasteiger partial charge in [-0.15, -0.1) is 0 Å². The first-order valence-electron chi connectivity index (χ1n) is 3.33. The third-order valence-electron chi connectivity index (χ3n) is 1.39. The summed E-state index contributed by atoms with van der Waals surface area (Å²) in [7, 11) is 1.70. The van der Waals surface area contributed by atoms with Gasteiger partial charge in [0.1, 0.15) is 5.82 Å². The molecule has 1 heterocycles. The minimum absolute atomic E-state index is 0.295. The van der Waals surface area contributed by atoms with E-state index in [1.165, 1.54) is 6.20 Å². The Balaban J connectivity index is 2.72. The van der Waals surface area contributed by atoms with Crippen molar-refractivity contribution in [1.82, 2.24) is 9.55 Å². The van der Waals surface area contributed by atoms with Crippen molar-refractivity contribution < 1.29 is 8.78 Å². The Hall–Kier alpha value is -0.930. The molecule has 0 aliphatic heterocycles. The molecule has 0 aliphatic rings. The first-order chi connectivity index (χ1) is 4.99. The maximum atomic E-state index is 12.4. The van der Waals surface area contributed by atoms with Crippen LogP contribution < -0.4 is 0 Å². The van der Waals surface area contributed by atoms with Crippen LogP contribution in [0.5, 0.6) is 0 Å². The van der Waals surface area contributed by atoms with Crippen LogP contribution in [-0.2, 0) is 13.5 Å². The summed E-state index contributed by atoms with van der Waals surface area (Å²) in [5.41, 5.74) is 0. The first-order valence-corrected chi connectivity index (χ1v) is 3.33. The lowest BCUT2D eigenvalue weighted by Gasteiger charge is -2.08. The van der Waals surface area contributed by atoms with Gasteiger partial charge >= 0.3 is 0 Å². The lowest BCUT2D eigenvalue weighted by molar-refractivity contribution is 0.0199. The van der Waals surface area contributed by atoms with Gasteiger partial charge in [0, 0.05) is 19.4 Å². The Kier molecular flexibility index (Phi) is 1.93. The standard InChI is InChI=1S/C7H10F2N2/c1-7(8,9)5-6-10-3-4-11(6)2/h3-4H,5H2,1-2H3. The average Bonchev–Trinajstić information content (AvgIpc) is 2.12. The van der Waals surface area contributed by atoms with Gasteiger partial charge in [0.25, 0.3) is 5.92 Å². The molecule has 0 N–H and O–H groups in total. The fraction of sp³-hybridized carbons (Fsp3) is 0.571. The number of nitrogens with zero attached hydrogens (tertiary/aromatic N) is 2. The van der Waals surface area contributed by atoms with Gasteiger partial charge in [0.2, 0.25) is 0 Å². The summed E-state index contributed by atoms with van der Waals surface area (Å²) in [4.78, 5) is 3.78. The Morgan fingerprint density at radius 1 is 1.64 bits per heavy atom. The molecule has 1 aromatic rings. The van der Waals surface area contributed by atoms with Gasteiger partial charge in [-0.05, 0) is 6.92 Å². The molecule has 0 fully saturated rings. The van der Waals surface area contributed by atoms with Gasteiger partial charge in [-0.1, -0.05) is 0 Å². The Labute approximate surface area is 63.9 Å². The number of alkyl halides is 2. The van der Waals surface area contributed by atoms with Crippen LogP contribution >= 0.6 is 0 Å². The van der Waals surface area contributed by atoms with Gasteiger partial charge in [0.15, 0.2) is 0 Å². The van der Waals surface area contributed by atoms with E-state index < -0.39 is 5.92 Å². The van der Waals surface area contributed by atoms with Gasteiger partial charge in [-0.2, -0.15) is 0 Å². The van der Waals surface area contributed by atoms with Crippen molar-refractivity contribution in [2.75, 3.05) is 0 Å². The molecule has 0 saturated carbocycles. The highest BCUT2D eigenvalue weighted by molar-refractivity contribution is 4.93. The number of hydrogen-bond donors (Lipinski definition) is 0. The van der Waals surface area contributed by atoms with Crippen molar-refractivity contribution in [3.8, 4) is 0 Å². The highest BCUT2D eigenvalue weighted by Crippen LogP contribution is 2.16. The monoisotopic (exact) mass is 160 g/mol. The van der Waals surface area contributed by atoms with Gasteiger partial charge in [-0.25, -0.2) is 13.8 Å². The second kappa shape index (κ2) is 2.60. The molecule has 0 radical (unpaired) electrons. The quantitative estimate of drug-likeness (QED) is 0.642. The molecule has 0 aliphatic carbocycles. The van der Waals surface area contributed by atoms with Crippen LogP contribution in [0.2, 0.25) is 0 Å². The molecule has 2 nitrogen and oxygen atoms in total. The van der Waals surface area contributed by atoms with Crippen LogP contribution in [0.1, 0.15) is 12.7 Å². The molecule has 1 aromatic heterocycles. The minimum atomic E-state index is -2.67. The molecule has 0 bridgehead atoms. The van der Waals surface area contributed by atoms with E-state index in [1.54, 1.807) is 17.8 Å². The van der Waals surface area contributed by atoms with Crippen molar-refractivity contribution in [2.45, 2.75) is 19.3 Å². The summed E-state index contributed by atoms with van der Waals surface area (Å²) in [5, 5.41) is 0. The SMILES string of the molecule is Cn1ccnc1CC(C)(F)F. The highest BCUT2D eigenvalue weighted by Gasteiger charge is 2.23. The van der Waals surface area contributed by atoms with Crippen LogP contribution in [0.25, 0.3) is 0 Å². The number of halogens is 2. The molecule has 1 rings (SSSR count). The van der Waals surface area contributed by atoms with E-state index in [-0.39, 0.29) is 6.42 Å². The zero-order valence-electron chi connectivity index (χ0n) is 6.51. The predicted octanol–water partition coefficient (Wildman–Crippen LogP) is 1.62. The molecule has 0 spiro atoms. The van der Waals surface area contributed by atoms with E-state index in [1.807, 2.05) is 0 Å². The number of aromatic nitrogens is 2. The summed E-state index contributed by atoms with van der Waals surface area (Å²) in [6.45, 7) is 0.891. The number of imidazole rings is 1. The van der Waals surface area contributed by atoms with Crippen LogP contribution in [0.15, 0.2) is 12.4 Å². The van der Waals surface area contributed by atoms with Crippen molar-refractivity contribution in [2.24, 2.45) is 7.05 Å². The topological polar surface area (TPSA) is 17.8 Å². The smallest absolute Gasteiger partial charge is 0.252 e. The Morgan fingerprint density at radius 2 is 2.27 bits per heavy atom. The van der Waals surface area contributed by atoms with E-state index in [4.69, 9.17) is 0 Å². The van der Waals surface area contributed by atoms with Gasteiger partial charge in [-0.3, -0.25) is 0 Å². The Bertz CT molecular complexity index is 237. The Morgan fingerprint density at radius 3 is 2.64 bits per heavy atom. The summed E-state index contributed by atoms with van der Waals surface area (Å²) in [6.07, 6.45) is 2.87. The second-order valence-corrected chi connectivity index (χ2v) is 2.70. The van der Waals surface area contributed by atoms with E-state index in [9.17, 15) is 8.78 Å². The molecule has 0 atom stereocenters. The van der Waals surface area contributed by atoms with Crippen LogP contribution in [-0.4, -0.2) is 15.5 Å². The molecule has 0 amide bonds. The molecule has 62 valence electrons. The molecule has 4 heteroatoms. The van der Waals surface area contributed by atoms with Gasteiger partial charge < -0.3 is 4.57 Å². The third kappa shape index (κ3) is 2.29. The molecule has 0 saturated heterocycles. The summed E-state index contributed by atoms with van der Waals surface area (Å²) in [5.74, 6) is -2.25. The van der Waals surface area contributed by atoms with Gasteiger partial charge in [0.05, 0.1) is 6.42 Å². The van der Waals surface area contributed by atoms with Crippen LogP contribution in [0.4, 0.5) is 8.78 Å². The zero-order chi connectivity index (χ0) is 8.48. The van der Waals surface area contributed by atoms with Crippen molar-refractivity contribution in [1.29, 1.82) is 0 Å². The molecular formula is C7H10F2N2. The molecular weight excluding hydrogens is 150 g/mol. The number of rotatable bonds is 2. The maximum Gasteiger partial charge on any atom is 0.252 e. The second-order valence-electron chi connectivity index (χ2n) is 2.70. The van der Waals surface area contributed by atoms with E-state index in [2.05, 4.69) is 4.98 Å². The largest absolute Gasteiger partial charge is 0.338 e. The predicted molar refractivity (Wildman–Crippen MR) is 37.5 cm³/mol. The fourth-order valence-electron chi connectivity index (χ4n) is 0.844. The number of hydrogen-bond acceptors (Lipinski definition) is 1. The lowest BCUT2D eigenvalue weighted by Crippen LogP contribution is -2.16. The average molecular weight is 160 g/mol. The van der Waals surface area contributed by atoms with E-state index in [0.29, 0.717) is 5.82 Å². The third-order valence-corrected chi connectivity index (χ3v) is 1.39. The summed E-state index contributed by atoms with van der Waals surface area (Å²) < 4.78 is 26.4. The van der Waals surface area contributed by atoms with Crippen LogP contribution in [0.3, 0.4) is 0 Å². The number of aryl methyl sites for hydroxylation is 1. The summed E-state index contributed by atoms with van der Waals surface area (Å²) >= 11 is 0. The molecule has 0 unspecified atom stereocenters. The highest BCUT2D eigenvalue weighted by atomic mass is 19.3. The zero-order valence-corrected chi connectivity index (χ0v) is 6.51. The minimum Gasteiger partial charge on any atom is -0.338 e. The molecule has 11 heavy (non-hydrogen) atoms. The summed E-state index contributed by atoms with van der Waals surface area (Å²) in [6, 6.07) is 0. The maximum absolute atomic E-state index is 12.4. The normalized spacial score (nSPS) is 12.0. The van der Waals surface area contributed by atoms with Crippen molar-refractivity contribution in [3.05, 3.63) is 18.2 Å². The first kappa shape index (κ1) is 8.17. The van der Waals surface area contributed by atoms with E-state index >= 15 is 0 Å². The molecule has 0 aromatic carbocycles. The van der Waals surface area contributed by atoms with Crippen LogP contribution in [0, 0.1) is 0 Å².